The molecule has 0 saturated carbocycles. The quantitative estimate of drug-likeness (QED) is 0.848. The molecule has 0 radical (unpaired) electrons. The van der Waals surface area contributed by atoms with Crippen molar-refractivity contribution in [2.24, 2.45) is 0 Å². The molecule has 0 aliphatic rings. The van der Waals surface area contributed by atoms with Gasteiger partial charge in [0.15, 0.2) is 0 Å². The van der Waals surface area contributed by atoms with Crippen molar-refractivity contribution in [2.75, 3.05) is 17.7 Å². The molecule has 0 bridgehead atoms. The van der Waals surface area contributed by atoms with Gasteiger partial charge in [-0.2, -0.15) is 0 Å². The van der Waals surface area contributed by atoms with Gasteiger partial charge in [-0.1, -0.05) is 12.1 Å². The van der Waals surface area contributed by atoms with Gasteiger partial charge in [-0.3, -0.25) is 4.79 Å². The van der Waals surface area contributed by atoms with Gasteiger partial charge in [0.25, 0.3) is 5.91 Å². The first-order valence-corrected chi connectivity index (χ1v) is 6.61. The summed E-state index contributed by atoms with van der Waals surface area (Å²) in [5.41, 5.74) is 6.75. The van der Waals surface area contributed by atoms with Crippen LogP contribution in [0.5, 0.6) is 5.75 Å². The van der Waals surface area contributed by atoms with Gasteiger partial charge < -0.3 is 15.8 Å². The number of benzene rings is 2. The predicted octanol–water partition coefficient (Wildman–Crippen LogP) is 3.37. The van der Waals surface area contributed by atoms with Crippen molar-refractivity contribution in [3.63, 3.8) is 0 Å². The molecule has 2 aromatic carbocycles. The van der Waals surface area contributed by atoms with Gasteiger partial charge in [0.2, 0.25) is 0 Å². The van der Waals surface area contributed by atoms with Gasteiger partial charge in [-0.05, 0) is 43.7 Å². The molecule has 0 aromatic heterocycles. The molecule has 0 aliphatic carbocycles. The first-order valence-electron chi connectivity index (χ1n) is 6.61. The van der Waals surface area contributed by atoms with E-state index in [2.05, 4.69) is 5.32 Å². The first-order chi connectivity index (χ1) is 10.0. The number of carbonyl (C=O) groups excluding carboxylic acids is 1. The Morgan fingerprint density at radius 3 is 2.76 bits per heavy atom. The number of hydrogen-bond acceptors (Lipinski definition) is 3. The third-order valence-corrected chi connectivity index (χ3v) is 2.96. The number of carbonyl (C=O) groups is 1. The molecule has 0 unspecified atom stereocenters. The Labute approximate surface area is 122 Å². The van der Waals surface area contributed by atoms with Crippen molar-refractivity contribution >= 4 is 17.3 Å². The van der Waals surface area contributed by atoms with E-state index in [0.29, 0.717) is 29.3 Å². The number of anilines is 2. The van der Waals surface area contributed by atoms with E-state index in [4.69, 9.17) is 10.5 Å². The van der Waals surface area contributed by atoms with E-state index in [1.807, 2.05) is 6.92 Å². The Kier molecular flexibility index (Phi) is 4.42. The second-order valence-corrected chi connectivity index (χ2v) is 4.58. The SMILES string of the molecule is CCOc1ccccc1NC(=O)c1cc(N)cc(C)c1F. The van der Waals surface area contributed by atoms with Crippen molar-refractivity contribution in [3.05, 3.63) is 53.3 Å². The lowest BCUT2D eigenvalue weighted by atomic mass is 10.1. The molecule has 2 aromatic rings. The molecule has 5 heteroatoms. The minimum Gasteiger partial charge on any atom is -0.492 e. The average molecular weight is 288 g/mol. The first kappa shape index (κ1) is 14.8. The highest BCUT2D eigenvalue weighted by atomic mass is 19.1. The zero-order valence-electron chi connectivity index (χ0n) is 11.9. The van der Waals surface area contributed by atoms with Crippen LogP contribution in [0.3, 0.4) is 0 Å². The third-order valence-electron chi connectivity index (χ3n) is 2.96. The normalized spacial score (nSPS) is 10.2. The summed E-state index contributed by atoms with van der Waals surface area (Å²) in [6, 6.07) is 9.80. The van der Waals surface area contributed by atoms with E-state index >= 15 is 0 Å². The molecule has 0 atom stereocenters. The smallest absolute Gasteiger partial charge is 0.258 e. The zero-order valence-corrected chi connectivity index (χ0v) is 11.9. The molecule has 1 amide bonds. The van der Waals surface area contributed by atoms with Crippen LogP contribution in [0.15, 0.2) is 36.4 Å². The van der Waals surface area contributed by atoms with Gasteiger partial charge >= 0.3 is 0 Å². The average Bonchev–Trinajstić information content (AvgIpc) is 2.45. The molecule has 3 N–H and O–H groups in total. The molecule has 0 saturated heterocycles. The van der Waals surface area contributed by atoms with Crippen LogP contribution in [-0.4, -0.2) is 12.5 Å². The van der Waals surface area contributed by atoms with Crippen LogP contribution < -0.4 is 15.8 Å². The molecule has 110 valence electrons. The minimum absolute atomic E-state index is 0.0844. The molecule has 0 spiro atoms. The molecular weight excluding hydrogens is 271 g/mol. The largest absolute Gasteiger partial charge is 0.492 e. The van der Waals surface area contributed by atoms with E-state index in [1.54, 1.807) is 31.2 Å². The summed E-state index contributed by atoms with van der Waals surface area (Å²) in [4.78, 5) is 12.2. The van der Waals surface area contributed by atoms with Crippen LogP contribution >= 0.6 is 0 Å². The van der Waals surface area contributed by atoms with Crippen LogP contribution in [0.4, 0.5) is 15.8 Å². The Bertz CT molecular complexity index is 671. The fourth-order valence-corrected chi connectivity index (χ4v) is 2.00. The summed E-state index contributed by atoms with van der Waals surface area (Å²) >= 11 is 0. The Morgan fingerprint density at radius 1 is 1.33 bits per heavy atom. The second-order valence-electron chi connectivity index (χ2n) is 4.58. The number of hydrogen-bond donors (Lipinski definition) is 2. The number of nitrogens with one attached hydrogen (secondary N) is 1. The molecule has 4 nitrogen and oxygen atoms in total. The number of aryl methyl sites for hydroxylation is 1. The standard InChI is InChI=1S/C16H17FN2O2/c1-3-21-14-7-5-4-6-13(14)19-16(20)12-9-11(18)8-10(2)15(12)17/h4-9H,3,18H2,1-2H3,(H,19,20). The molecular formula is C16H17FN2O2. The van der Waals surface area contributed by atoms with Crippen molar-refractivity contribution < 1.29 is 13.9 Å². The highest BCUT2D eigenvalue weighted by Gasteiger charge is 2.16. The third kappa shape index (κ3) is 3.31. The maximum Gasteiger partial charge on any atom is 0.258 e. The molecule has 0 heterocycles. The lowest BCUT2D eigenvalue weighted by Gasteiger charge is -2.12. The summed E-state index contributed by atoms with van der Waals surface area (Å²) in [5, 5.41) is 2.65. The lowest BCUT2D eigenvalue weighted by molar-refractivity contribution is 0.102. The van der Waals surface area contributed by atoms with E-state index < -0.39 is 11.7 Å². The summed E-state index contributed by atoms with van der Waals surface area (Å²) in [7, 11) is 0. The monoisotopic (exact) mass is 288 g/mol. The van der Waals surface area contributed by atoms with Crippen LogP contribution in [0.1, 0.15) is 22.8 Å². The number of halogens is 1. The Balaban J connectivity index is 2.31. The number of rotatable bonds is 4. The fraction of sp³-hybridized carbons (Fsp3) is 0.188. The molecule has 0 aliphatic heterocycles. The number of para-hydroxylation sites is 2. The van der Waals surface area contributed by atoms with E-state index in [0.717, 1.165) is 0 Å². The number of ether oxygens (including phenoxy) is 1. The molecule has 0 fully saturated rings. The maximum atomic E-state index is 14.0. The molecule has 2 rings (SSSR count). The van der Waals surface area contributed by atoms with Crippen LogP contribution in [-0.2, 0) is 0 Å². The topological polar surface area (TPSA) is 64.3 Å². The minimum atomic E-state index is -0.574. The predicted molar refractivity (Wildman–Crippen MR) is 81.1 cm³/mol. The fourth-order valence-electron chi connectivity index (χ4n) is 2.00. The van der Waals surface area contributed by atoms with Gasteiger partial charge in [0, 0.05) is 5.69 Å². The summed E-state index contributed by atoms with van der Waals surface area (Å²) in [5.74, 6) is -0.597. The Morgan fingerprint density at radius 2 is 2.05 bits per heavy atom. The highest BCUT2D eigenvalue weighted by Crippen LogP contribution is 2.25. The highest BCUT2D eigenvalue weighted by molar-refractivity contribution is 6.05. The summed E-state index contributed by atoms with van der Waals surface area (Å²) in [6.45, 7) is 3.88. The molecule has 21 heavy (non-hydrogen) atoms. The van der Waals surface area contributed by atoms with Crippen molar-refractivity contribution in [3.8, 4) is 5.75 Å². The van der Waals surface area contributed by atoms with Crippen LogP contribution in [0, 0.1) is 12.7 Å². The lowest BCUT2D eigenvalue weighted by Crippen LogP contribution is -2.15. The number of nitrogen functional groups attached to an aromatic ring is 1. The van der Waals surface area contributed by atoms with Crippen LogP contribution in [0.2, 0.25) is 0 Å². The van der Waals surface area contributed by atoms with Crippen molar-refractivity contribution in [2.45, 2.75) is 13.8 Å². The summed E-state index contributed by atoms with van der Waals surface area (Å²) in [6.07, 6.45) is 0. The summed E-state index contributed by atoms with van der Waals surface area (Å²) < 4.78 is 19.5. The van der Waals surface area contributed by atoms with Gasteiger partial charge in [-0.15, -0.1) is 0 Å². The van der Waals surface area contributed by atoms with Gasteiger partial charge in [-0.25, -0.2) is 4.39 Å². The van der Waals surface area contributed by atoms with E-state index in [1.165, 1.54) is 12.1 Å². The van der Waals surface area contributed by atoms with E-state index in [9.17, 15) is 9.18 Å². The van der Waals surface area contributed by atoms with Crippen molar-refractivity contribution in [1.82, 2.24) is 0 Å². The number of nitrogens with two attached hydrogens (primary N) is 1. The van der Waals surface area contributed by atoms with Crippen molar-refractivity contribution in [1.29, 1.82) is 0 Å². The zero-order chi connectivity index (χ0) is 15.4. The number of amides is 1. The Hall–Kier alpha value is -2.56. The maximum absolute atomic E-state index is 14.0. The van der Waals surface area contributed by atoms with E-state index in [-0.39, 0.29) is 5.56 Å². The second kappa shape index (κ2) is 6.26. The van der Waals surface area contributed by atoms with Crippen LogP contribution in [0.25, 0.3) is 0 Å². The van der Waals surface area contributed by atoms with Gasteiger partial charge in [0.1, 0.15) is 11.6 Å². The van der Waals surface area contributed by atoms with Gasteiger partial charge in [0.05, 0.1) is 17.9 Å².